The SMILES string of the molecule is Cc1nc(-c2ccco2)ncc1CN. The number of hydrogen-bond donors (Lipinski definition) is 1. The summed E-state index contributed by atoms with van der Waals surface area (Å²) in [7, 11) is 0. The molecule has 0 aromatic carbocycles. The van der Waals surface area contributed by atoms with E-state index in [1.54, 1.807) is 12.5 Å². The van der Waals surface area contributed by atoms with Gasteiger partial charge in [0.15, 0.2) is 11.6 Å². The Labute approximate surface area is 81.8 Å². The quantitative estimate of drug-likeness (QED) is 0.777. The summed E-state index contributed by atoms with van der Waals surface area (Å²) in [5.41, 5.74) is 7.37. The molecule has 0 saturated heterocycles. The Morgan fingerprint density at radius 3 is 2.93 bits per heavy atom. The van der Waals surface area contributed by atoms with Gasteiger partial charge in [0.25, 0.3) is 0 Å². The highest BCUT2D eigenvalue weighted by Gasteiger charge is 2.05. The van der Waals surface area contributed by atoms with E-state index in [0.29, 0.717) is 18.1 Å². The molecule has 2 rings (SSSR count). The van der Waals surface area contributed by atoms with Gasteiger partial charge in [-0.2, -0.15) is 0 Å². The summed E-state index contributed by atoms with van der Waals surface area (Å²) < 4.78 is 5.19. The molecule has 0 spiro atoms. The summed E-state index contributed by atoms with van der Waals surface area (Å²) in [6.07, 6.45) is 3.34. The van der Waals surface area contributed by atoms with Gasteiger partial charge in [-0.25, -0.2) is 9.97 Å². The van der Waals surface area contributed by atoms with Gasteiger partial charge in [0, 0.05) is 24.0 Å². The molecule has 2 aromatic rings. The predicted octanol–water partition coefficient (Wildman–Crippen LogP) is 1.50. The Morgan fingerprint density at radius 2 is 2.36 bits per heavy atom. The van der Waals surface area contributed by atoms with Crippen LogP contribution in [-0.4, -0.2) is 9.97 Å². The van der Waals surface area contributed by atoms with Crippen molar-refractivity contribution in [3.05, 3.63) is 35.9 Å². The second kappa shape index (κ2) is 3.59. The minimum absolute atomic E-state index is 0.463. The average molecular weight is 189 g/mol. The molecule has 4 nitrogen and oxygen atoms in total. The van der Waals surface area contributed by atoms with E-state index in [0.717, 1.165) is 11.3 Å². The Morgan fingerprint density at radius 1 is 1.50 bits per heavy atom. The number of nitrogens with two attached hydrogens (primary N) is 1. The molecule has 0 amide bonds. The van der Waals surface area contributed by atoms with E-state index < -0.39 is 0 Å². The zero-order valence-electron chi connectivity index (χ0n) is 7.90. The van der Waals surface area contributed by atoms with Crippen LogP contribution in [0.15, 0.2) is 29.0 Å². The molecule has 0 unspecified atom stereocenters. The molecule has 14 heavy (non-hydrogen) atoms. The lowest BCUT2D eigenvalue weighted by Gasteiger charge is -2.02. The monoisotopic (exact) mass is 189 g/mol. The van der Waals surface area contributed by atoms with Crippen molar-refractivity contribution in [1.82, 2.24) is 9.97 Å². The largest absolute Gasteiger partial charge is 0.461 e. The van der Waals surface area contributed by atoms with E-state index in [9.17, 15) is 0 Å². The number of furan rings is 1. The first-order valence-corrected chi connectivity index (χ1v) is 4.37. The fraction of sp³-hybridized carbons (Fsp3) is 0.200. The second-order valence-electron chi connectivity index (χ2n) is 2.99. The highest BCUT2D eigenvalue weighted by molar-refractivity contribution is 5.46. The number of hydrogen-bond acceptors (Lipinski definition) is 4. The summed E-state index contributed by atoms with van der Waals surface area (Å²) in [5.74, 6) is 1.28. The smallest absolute Gasteiger partial charge is 0.195 e. The van der Waals surface area contributed by atoms with Crippen LogP contribution >= 0.6 is 0 Å². The zero-order valence-corrected chi connectivity index (χ0v) is 7.90. The Hall–Kier alpha value is -1.68. The number of aryl methyl sites for hydroxylation is 1. The van der Waals surface area contributed by atoms with Gasteiger partial charge in [0.05, 0.1) is 6.26 Å². The van der Waals surface area contributed by atoms with Crippen LogP contribution in [0.25, 0.3) is 11.6 Å². The van der Waals surface area contributed by atoms with E-state index in [2.05, 4.69) is 9.97 Å². The van der Waals surface area contributed by atoms with Gasteiger partial charge < -0.3 is 10.2 Å². The maximum atomic E-state index is 5.52. The molecular formula is C10H11N3O. The molecule has 0 aliphatic carbocycles. The molecule has 0 aliphatic rings. The van der Waals surface area contributed by atoms with Crippen LogP contribution in [0.2, 0.25) is 0 Å². The maximum Gasteiger partial charge on any atom is 0.195 e. The van der Waals surface area contributed by atoms with Gasteiger partial charge in [-0.3, -0.25) is 0 Å². The minimum Gasteiger partial charge on any atom is -0.461 e. The molecule has 0 bridgehead atoms. The predicted molar refractivity (Wildman–Crippen MR) is 52.4 cm³/mol. The van der Waals surface area contributed by atoms with Crippen LogP contribution in [0.1, 0.15) is 11.3 Å². The van der Waals surface area contributed by atoms with E-state index in [1.807, 2.05) is 19.1 Å². The molecule has 0 atom stereocenters. The standard InChI is InChI=1S/C10H11N3O/c1-7-8(5-11)6-12-10(13-7)9-3-2-4-14-9/h2-4,6H,5,11H2,1H3. The first-order valence-electron chi connectivity index (χ1n) is 4.37. The normalized spacial score (nSPS) is 10.4. The van der Waals surface area contributed by atoms with Crippen molar-refractivity contribution in [3.8, 4) is 11.6 Å². The van der Waals surface area contributed by atoms with Crippen LogP contribution in [-0.2, 0) is 6.54 Å². The Kier molecular flexibility index (Phi) is 2.28. The van der Waals surface area contributed by atoms with Crippen molar-refractivity contribution in [1.29, 1.82) is 0 Å². The summed E-state index contributed by atoms with van der Waals surface area (Å²) in [5, 5.41) is 0. The lowest BCUT2D eigenvalue weighted by molar-refractivity contribution is 0.576. The molecule has 2 heterocycles. The van der Waals surface area contributed by atoms with Crippen molar-refractivity contribution in [2.75, 3.05) is 0 Å². The molecule has 0 aliphatic heterocycles. The first-order chi connectivity index (χ1) is 6.81. The average Bonchev–Trinajstić information content (AvgIpc) is 2.70. The van der Waals surface area contributed by atoms with E-state index in [-0.39, 0.29) is 0 Å². The van der Waals surface area contributed by atoms with Crippen molar-refractivity contribution >= 4 is 0 Å². The fourth-order valence-electron chi connectivity index (χ4n) is 1.22. The second-order valence-corrected chi connectivity index (χ2v) is 2.99. The lowest BCUT2D eigenvalue weighted by atomic mass is 10.2. The van der Waals surface area contributed by atoms with Gasteiger partial charge in [-0.05, 0) is 19.1 Å². The maximum absolute atomic E-state index is 5.52. The molecule has 0 saturated carbocycles. The third kappa shape index (κ3) is 1.52. The lowest BCUT2D eigenvalue weighted by Crippen LogP contribution is -2.03. The minimum atomic E-state index is 0.463. The van der Waals surface area contributed by atoms with Crippen LogP contribution in [0.3, 0.4) is 0 Å². The highest BCUT2D eigenvalue weighted by Crippen LogP contribution is 2.15. The van der Waals surface area contributed by atoms with Crippen LogP contribution in [0.4, 0.5) is 0 Å². The third-order valence-corrected chi connectivity index (χ3v) is 2.04. The van der Waals surface area contributed by atoms with Gasteiger partial charge >= 0.3 is 0 Å². The van der Waals surface area contributed by atoms with Crippen molar-refractivity contribution in [2.24, 2.45) is 5.73 Å². The zero-order chi connectivity index (χ0) is 9.97. The fourth-order valence-corrected chi connectivity index (χ4v) is 1.22. The number of rotatable bonds is 2. The summed E-state index contributed by atoms with van der Waals surface area (Å²) in [4.78, 5) is 8.47. The topological polar surface area (TPSA) is 64.9 Å². The van der Waals surface area contributed by atoms with Crippen molar-refractivity contribution < 1.29 is 4.42 Å². The molecule has 2 N–H and O–H groups in total. The Balaban J connectivity index is 2.43. The highest BCUT2D eigenvalue weighted by atomic mass is 16.3. The Bertz CT molecular complexity index is 423. The molecular weight excluding hydrogens is 178 g/mol. The van der Waals surface area contributed by atoms with Gasteiger partial charge in [0.2, 0.25) is 0 Å². The molecule has 0 fully saturated rings. The molecule has 72 valence electrons. The number of nitrogens with zero attached hydrogens (tertiary/aromatic N) is 2. The van der Waals surface area contributed by atoms with E-state index >= 15 is 0 Å². The molecule has 0 radical (unpaired) electrons. The summed E-state index contributed by atoms with van der Waals surface area (Å²) in [6, 6.07) is 3.64. The van der Waals surface area contributed by atoms with Gasteiger partial charge in [-0.1, -0.05) is 0 Å². The van der Waals surface area contributed by atoms with Gasteiger partial charge in [-0.15, -0.1) is 0 Å². The summed E-state index contributed by atoms with van der Waals surface area (Å²) in [6.45, 7) is 2.38. The van der Waals surface area contributed by atoms with Crippen molar-refractivity contribution in [2.45, 2.75) is 13.5 Å². The molecule has 4 heteroatoms. The first kappa shape index (κ1) is 8.90. The third-order valence-electron chi connectivity index (χ3n) is 2.04. The van der Waals surface area contributed by atoms with E-state index in [4.69, 9.17) is 10.2 Å². The molecule has 2 aromatic heterocycles. The van der Waals surface area contributed by atoms with Crippen LogP contribution in [0.5, 0.6) is 0 Å². The van der Waals surface area contributed by atoms with Crippen LogP contribution < -0.4 is 5.73 Å². The van der Waals surface area contributed by atoms with Crippen molar-refractivity contribution in [3.63, 3.8) is 0 Å². The van der Waals surface area contributed by atoms with Crippen LogP contribution in [0, 0.1) is 6.92 Å². The van der Waals surface area contributed by atoms with Gasteiger partial charge in [0.1, 0.15) is 0 Å². The number of aromatic nitrogens is 2. The van der Waals surface area contributed by atoms with E-state index in [1.165, 1.54) is 0 Å². The summed E-state index contributed by atoms with van der Waals surface area (Å²) >= 11 is 0.